The molecule has 5 N–H and O–H groups in total. The number of carbonyl (C=O) groups is 1. The van der Waals surface area contributed by atoms with Crippen LogP contribution in [-0.2, 0) is 16.8 Å². The van der Waals surface area contributed by atoms with Crippen molar-refractivity contribution in [2.45, 2.75) is 52.1 Å². The van der Waals surface area contributed by atoms with Gasteiger partial charge in [-0.05, 0) is 69.8 Å². The molecule has 0 saturated heterocycles. The third-order valence-corrected chi connectivity index (χ3v) is 5.15. The first-order valence-electron chi connectivity index (χ1n) is 10.4. The highest BCUT2D eigenvalue weighted by Gasteiger charge is 2.27. The first kappa shape index (κ1) is 23.2. The summed E-state index contributed by atoms with van der Waals surface area (Å²) >= 11 is 0. The van der Waals surface area contributed by atoms with E-state index >= 15 is 0 Å². The number of amides is 1. The third kappa shape index (κ3) is 4.88. The van der Waals surface area contributed by atoms with Crippen LogP contribution in [0.25, 0.3) is 10.8 Å². The predicted octanol–water partition coefficient (Wildman–Crippen LogP) is 2.50. The molecule has 3 heterocycles. The van der Waals surface area contributed by atoms with Crippen LogP contribution < -0.4 is 21.9 Å². The highest BCUT2D eigenvalue weighted by molar-refractivity contribution is 5.93. The number of hydrogen-bond donors (Lipinski definition) is 4. The molecule has 0 aliphatic rings. The standard InChI is InChI=1S/C23H30N6O3/c1-22(2,3)28-19-18-14(7-9-29(10-11-30)20(18)31)12-17(27-19)26-16-13-15(6-8-25-16)23(4,5)21(24)32/h6-9,12-13,30H,10-11H2,1-5H3,(H2,24,32)(H2,25,26,27,28). The van der Waals surface area contributed by atoms with E-state index in [1.54, 1.807) is 44.4 Å². The van der Waals surface area contributed by atoms with Gasteiger partial charge < -0.3 is 26.0 Å². The minimum atomic E-state index is -0.854. The quantitative estimate of drug-likeness (QED) is 0.445. The molecule has 0 aliphatic carbocycles. The number of anilines is 3. The van der Waals surface area contributed by atoms with E-state index in [1.165, 1.54) is 4.57 Å². The van der Waals surface area contributed by atoms with Crippen LogP contribution in [0.4, 0.5) is 17.5 Å². The molecule has 9 nitrogen and oxygen atoms in total. The molecule has 0 bridgehead atoms. The van der Waals surface area contributed by atoms with Gasteiger partial charge in [0.1, 0.15) is 17.5 Å². The fourth-order valence-electron chi connectivity index (χ4n) is 3.26. The summed E-state index contributed by atoms with van der Waals surface area (Å²) in [5.41, 5.74) is 4.85. The van der Waals surface area contributed by atoms with Crippen LogP contribution >= 0.6 is 0 Å². The zero-order valence-corrected chi connectivity index (χ0v) is 19.1. The molecular weight excluding hydrogens is 408 g/mol. The zero-order valence-electron chi connectivity index (χ0n) is 19.1. The Kier molecular flexibility index (Phi) is 6.23. The summed E-state index contributed by atoms with van der Waals surface area (Å²) in [5, 5.41) is 16.9. The number of primary amides is 1. The summed E-state index contributed by atoms with van der Waals surface area (Å²) in [7, 11) is 0. The smallest absolute Gasteiger partial charge is 0.262 e. The lowest BCUT2D eigenvalue weighted by molar-refractivity contribution is -0.122. The number of nitrogens with zero attached hydrogens (tertiary/aromatic N) is 3. The zero-order chi connectivity index (χ0) is 23.7. The van der Waals surface area contributed by atoms with E-state index in [1.807, 2.05) is 26.8 Å². The second kappa shape index (κ2) is 8.58. The van der Waals surface area contributed by atoms with Gasteiger partial charge in [0.05, 0.1) is 17.4 Å². The Morgan fingerprint density at radius 2 is 1.88 bits per heavy atom. The largest absolute Gasteiger partial charge is 0.395 e. The molecule has 3 rings (SSSR count). The van der Waals surface area contributed by atoms with Crippen LogP contribution in [0.1, 0.15) is 40.2 Å². The van der Waals surface area contributed by atoms with E-state index < -0.39 is 11.3 Å². The summed E-state index contributed by atoms with van der Waals surface area (Å²) in [6.07, 6.45) is 3.26. The van der Waals surface area contributed by atoms with Gasteiger partial charge >= 0.3 is 0 Å². The lowest BCUT2D eigenvalue weighted by atomic mass is 9.84. The van der Waals surface area contributed by atoms with Crippen molar-refractivity contribution < 1.29 is 9.90 Å². The number of fused-ring (bicyclic) bond motifs is 1. The molecule has 0 saturated carbocycles. The Balaban J connectivity index is 2.10. The maximum Gasteiger partial charge on any atom is 0.262 e. The summed E-state index contributed by atoms with van der Waals surface area (Å²) in [5.74, 6) is 0.988. The summed E-state index contributed by atoms with van der Waals surface area (Å²) < 4.78 is 1.46. The van der Waals surface area contributed by atoms with Crippen molar-refractivity contribution in [3.05, 3.63) is 52.6 Å². The van der Waals surface area contributed by atoms with Gasteiger partial charge in [-0.25, -0.2) is 9.97 Å². The third-order valence-electron chi connectivity index (χ3n) is 5.15. The van der Waals surface area contributed by atoms with Gasteiger partial charge in [0.2, 0.25) is 5.91 Å². The van der Waals surface area contributed by atoms with Crippen LogP contribution in [0.3, 0.4) is 0 Å². The molecule has 9 heteroatoms. The van der Waals surface area contributed by atoms with Gasteiger partial charge in [-0.15, -0.1) is 0 Å². The Bertz CT molecular complexity index is 1210. The lowest BCUT2D eigenvalue weighted by Gasteiger charge is -2.23. The molecule has 0 aromatic carbocycles. The van der Waals surface area contributed by atoms with E-state index in [-0.39, 0.29) is 24.2 Å². The van der Waals surface area contributed by atoms with Gasteiger partial charge in [0.25, 0.3) is 5.56 Å². The molecule has 0 radical (unpaired) electrons. The highest BCUT2D eigenvalue weighted by Crippen LogP contribution is 2.28. The minimum absolute atomic E-state index is 0.135. The number of pyridine rings is 3. The van der Waals surface area contributed by atoms with Crippen molar-refractivity contribution in [3.8, 4) is 0 Å². The van der Waals surface area contributed by atoms with Crippen molar-refractivity contribution in [3.63, 3.8) is 0 Å². The SMILES string of the molecule is CC(C)(C)Nc1nc(Nc2cc(C(C)(C)C(N)=O)ccn2)cc2ccn(CCO)c(=O)c12. The van der Waals surface area contributed by atoms with Gasteiger partial charge in [-0.3, -0.25) is 9.59 Å². The Hall–Kier alpha value is -3.46. The maximum atomic E-state index is 13.0. The van der Waals surface area contributed by atoms with Crippen LogP contribution in [0.2, 0.25) is 0 Å². The Morgan fingerprint density at radius 1 is 1.16 bits per heavy atom. The molecule has 3 aromatic heterocycles. The predicted molar refractivity (Wildman–Crippen MR) is 126 cm³/mol. The Labute approximate surface area is 186 Å². The number of carbonyl (C=O) groups excluding carboxylic acids is 1. The van der Waals surface area contributed by atoms with Crippen molar-refractivity contribution in [2.75, 3.05) is 17.2 Å². The van der Waals surface area contributed by atoms with Gasteiger partial charge in [-0.2, -0.15) is 0 Å². The number of nitrogens with one attached hydrogen (secondary N) is 2. The molecule has 170 valence electrons. The second-order valence-electron chi connectivity index (χ2n) is 9.28. The normalized spacial score (nSPS) is 12.1. The molecule has 0 fully saturated rings. The second-order valence-corrected chi connectivity index (χ2v) is 9.28. The minimum Gasteiger partial charge on any atom is -0.395 e. The van der Waals surface area contributed by atoms with Gasteiger partial charge in [-0.1, -0.05) is 0 Å². The van der Waals surface area contributed by atoms with Crippen LogP contribution in [0.15, 0.2) is 41.5 Å². The number of aromatic nitrogens is 3. The molecule has 0 aliphatic heterocycles. The topological polar surface area (TPSA) is 135 Å². The number of rotatable bonds is 7. The summed E-state index contributed by atoms with van der Waals surface area (Å²) in [4.78, 5) is 33.8. The molecule has 32 heavy (non-hydrogen) atoms. The fraction of sp³-hybridized carbons (Fsp3) is 0.391. The molecular formula is C23H30N6O3. The van der Waals surface area contributed by atoms with Crippen molar-refractivity contribution in [2.24, 2.45) is 5.73 Å². The molecule has 0 atom stereocenters. The number of hydrogen-bond acceptors (Lipinski definition) is 7. The number of nitrogens with two attached hydrogens (primary N) is 1. The van der Waals surface area contributed by atoms with E-state index in [0.717, 1.165) is 5.56 Å². The Morgan fingerprint density at radius 3 is 2.50 bits per heavy atom. The molecule has 0 spiro atoms. The first-order valence-corrected chi connectivity index (χ1v) is 10.4. The van der Waals surface area contributed by atoms with Crippen molar-refractivity contribution >= 4 is 34.1 Å². The maximum absolute atomic E-state index is 13.0. The average Bonchev–Trinajstić information content (AvgIpc) is 2.69. The monoisotopic (exact) mass is 438 g/mol. The molecule has 1 amide bonds. The van der Waals surface area contributed by atoms with E-state index in [2.05, 4.69) is 20.6 Å². The fourth-order valence-corrected chi connectivity index (χ4v) is 3.26. The first-order chi connectivity index (χ1) is 14.9. The van der Waals surface area contributed by atoms with Gasteiger partial charge in [0, 0.05) is 24.5 Å². The van der Waals surface area contributed by atoms with Crippen molar-refractivity contribution in [1.29, 1.82) is 0 Å². The summed E-state index contributed by atoms with van der Waals surface area (Å²) in [6, 6.07) is 7.08. The summed E-state index contributed by atoms with van der Waals surface area (Å²) in [6.45, 7) is 9.52. The average molecular weight is 439 g/mol. The molecule has 0 unspecified atom stereocenters. The molecule has 3 aromatic rings. The lowest BCUT2D eigenvalue weighted by Crippen LogP contribution is -2.35. The van der Waals surface area contributed by atoms with E-state index in [0.29, 0.717) is 28.2 Å². The van der Waals surface area contributed by atoms with Crippen LogP contribution in [0.5, 0.6) is 0 Å². The number of aliphatic hydroxyl groups is 1. The van der Waals surface area contributed by atoms with Gasteiger partial charge in [0.15, 0.2) is 0 Å². The van der Waals surface area contributed by atoms with Crippen LogP contribution in [-0.4, -0.2) is 37.7 Å². The van der Waals surface area contributed by atoms with E-state index in [4.69, 9.17) is 5.73 Å². The van der Waals surface area contributed by atoms with E-state index in [9.17, 15) is 14.7 Å². The highest BCUT2D eigenvalue weighted by atomic mass is 16.3. The van der Waals surface area contributed by atoms with Crippen LogP contribution in [0, 0.1) is 0 Å². The van der Waals surface area contributed by atoms with Crippen molar-refractivity contribution in [1.82, 2.24) is 14.5 Å². The number of aliphatic hydroxyl groups excluding tert-OH is 1.